The van der Waals surface area contributed by atoms with Crippen molar-refractivity contribution >= 4 is 17.7 Å². The predicted octanol–water partition coefficient (Wildman–Crippen LogP) is 3.02. The van der Waals surface area contributed by atoms with Gasteiger partial charge in [0.25, 0.3) is 0 Å². The first kappa shape index (κ1) is 17.0. The molecule has 7 heteroatoms. The van der Waals surface area contributed by atoms with Crippen LogP contribution in [-0.2, 0) is 4.79 Å². The van der Waals surface area contributed by atoms with Crippen LogP contribution in [0.2, 0.25) is 0 Å². The number of aromatic nitrogens is 3. The van der Waals surface area contributed by atoms with Gasteiger partial charge in [0.05, 0.1) is 18.1 Å². The molecular formula is C17H21FN4OS. The topological polar surface area (TPSA) is 51.0 Å². The molecule has 0 N–H and O–H groups in total. The Kier molecular flexibility index (Phi) is 5.18. The zero-order valence-corrected chi connectivity index (χ0v) is 14.7. The molecule has 5 nitrogen and oxygen atoms in total. The summed E-state index contributed by atoms with van der Waals surface area (Å²) in [7, 11) is 0. The fraction of sp³-hybridized carbons (Fsp3) is 0.471. The molecule has 24 heavy (non-hydrogen) atoms. The molecule has 0 unspecified atom stereocenters. The third kappa shape index (κ3) is 3.95. The Balaban J connectivity index is 1.88. The van der Waals surface area contributed by atoms with E-state index in [4.69, 9.17) is 0 Å². The van der Waals surface area contributed by atoms with Gasteiger partial charge in [0.15, 0.2) is 0 Å². The Bertz CT molecular complexity index is 729. The lowest BCUT2D eigenvalue weighted by Crippen LogP contribution is -2.42. The minimum absolute atomic E-state index is 0.0978. The number of nitrogens with zero attached hydrogens (tertiary/aromatic N) is 4. The van der Waals surface area contributed by atoms with Crippen LogP contribution in [0.1, 0.15) is 25.1 Å². The molecule has 2 heterocycles. The number of rotatable bonds is 7. The highest BCUT2D eigenvalue weighted by Gasteiger charge is 2.28. The first-order valence-corrected chi connectivity index (χ1v) is 9.44. The first-order chi connectivity index (χ1) is 11.6. The van der Waals surface area contributed by atoms with Crippen molar-refractivity contribution in [2.45, 2.75) is 26.2 Å². The number of thioether (sulfide) groups is 1. The van der Waals surface area contributed by atoms with Gasteiger partial charge in [0.2, 0.25) is 5.91 Å². The number of halogens is 1. The molecule has 3 rings (SSSR count). The number of amides is 1. The summed E-state index contributed by atoms with van der Waals surface area (Å²) < 4.78 is 15.2. The van der Waals surface area contributed by atoms with Crippen molar-refractivity contribution in [1.29, 1.82) is 0 Å². The van der Waals surface area contributed by atoms with Crippen molar-refractivity contribution in [3.8, 4) is 11.3 Å². The van der Waals surface area contributed by atoms with Crippen molar-refractivity contribution in [2.75, 3.05) is 23.6 Å². The molecule has 0 radical (unpaired) electrons. The number of carbonyl (C=O) groups excluding carboxylic acids is 1. The van der Waals surface area contributed by atoms with Crippen LogP contribution in [0.15, 0.2) is 24.7 Å². The lowest BCUT2D eigenvalue weighted by molar-refractivity contribution is -0.119. The Morgan fingerprint density at radius 1 is 1.46 bits per heavy atom. The van der Waals surface area contributed by atoms with E-state index in [9.17, 15) is 9.18 Å². The molecule has 1 saturated carbocycles. The summed E-state index contributed by atoms with van der Waals surface area (Å²) in [5, 5.41) is 1.78. The summed E-state index contributed by atoms with van der Waals surface area (Å²) in [6.07, 6.45) is 9.37. The van der Waals surface area contributed by atoms with Gasteiger partial charge < -0.3 is 0 Å². The molecule has 128 valence electrons. The quantitative estimate of drug-likeness (QED) is 0.772. The Hall–Kier alpha value is -1.89. The molecule has 0 spiro atoms. The summed E-state index contributed by atoms with van der Waals surface area (Å²) in [6.45, 7) is 2.57. The maximum absolute atomic E-state index is 13.4. The van der Waals surface area contributed by atoms with Gasteiger partial charge in [-0.2, -0.15) is 11.8 Å². The highest BCUT2D eigenvalue weighted by molar-refractivity contribution is 7.98. The molecule has 2 aromatic heterocycles. The predicted molar refractivity (Wildman–Crippen MR) is 94.0 cm³/mol. The highest BCUT2D eigenvalue weighted by Crippen LogP contribution is 2.30. The van der Waals surface area contributed by atoms with Gasteiger partial charge in [0, 0.05) is 30.5 Å². The van der Waals surface area contributed by atoms with Crippen LogP contribution in [0.25, 0.3) is 11.3 Å². The van der Waals surface area contributed by atoms with Crippen molar-refractivity contribution < 1.29 is 9.18 Å². The number of pyridine rings is 1. The zero-order chi connectivity index (χ0) is 17.1. The van der Waals surface area contributed by atoms with Gasteiger partial charge in [-0.3, -0.25) is 9.78 Å². The summed E-state index contributed by atoms with van der Waals surface area (Å²) in [4.78, 5) is 21.0. The number of hydrogen-bond acceptors (Lipinski definition) is 4. The van der Waals surface area contributed by atoms with E-state index in [0.717, 1.165) is 5.75 Å². The van der Waals surface area contributed by atoms with Crippen molar-refractivity contribution in [2.24, 2.45) is 5.92 Å². The largest absolute Gasteiger partial charge is 0.273 e. The molecule has 1 amide bonds. The summed E-state index contributed by atoms with van der Waals surface area (Å²) >= 11 is 1.66. The van der Waals surface area contributed by atoms with E-state index >= 15 is 0 Å². The maximum atomic E-state index is 13.4. The lowest BCUT2D eigenvalue weighted by atomic mass is 10.2. The molecule has 2 aromatic rings. The smallest absolute Gasteiger partial charge is 0.242 e. The monoisotopic (exact) mass is 348 g/mol. The van der Waals surface area contributed by atoms with Gasteiger partial charge in [-0.25, -0.2) is 19.1 Å². The van der Waals surface area contributed by atoms with E-state index in [2.05, 4.69) is 9.97 Å². The molecule has 0 atom stereocenters. The van der Waals surface area contributed by atoms with Gasteiger partial charge in [-0.1, -0.05) is 0 Å². The zero-order valence-electron chi connectivity index (χ0n) is 13.9. The third-order valence-corrected chi connectivity index (χ3v) is 4.67. The molecule has 1 fully saturated rings. The maximum Gasteiger partial charge on any atom is 0.242 e. The summed E-state index contributed by atoms with van der Waals surface area (Å²) in [6, 6.07) is 1.40. The fourth-order valence-electron chi connectivity index (χ4n) is 2.57. The van der Waals surface area contributed by atoms with E-state index in [1.54, 1.807) is 33.8 Å². The van der Waals surface area contributed by atoms with E-state index in [1.807, 2.05) is 13.2 Å². The third-order valence-electron chi connectivity index (χ3n) is 4.06. The number of hydrogen-bond donors (Lipinski definition) is 0. The molecule has 0 bridgehead atoms. The van der Waals surface area contributed by atoms with Gasteiger partial charge in [-0.15, -0.1) is 0 Å². The van der Waals surface area contributed by atoms with Crippen LogP contribution in [0, 0.1) is 18.7 Å². The standard InChI is InChI=1S/C17H21FN4OS/c1-12-20-16(14-7-15(18)9-19-8-14)11-21(12)22(10-13-3-4-13)17(23)5-6-24-2/h7-9,11,13H,3-6,10H2,1-2H3. The van der Waals surface area contributed by atoms with Crippen molar-refractivity contribution in [1.82, 2.24) is 14.6 Å². The second-order valence-electron chi connectivity index (χ2n) is 6.07. The van der Waals surface area contributed by atoms with E-state index in [1.165, 1.54) is 25.1 Å². The molecule has 0 saturated heterocycles. The average molecular weight is 348 g/mol. The molecule has 0 aromatic carbocycles. The Morgan fingerprint density at radius 2 is 2.25 bits per heavy atom. The minimum atomic E-state index is -0.398. The van der Waals surface area contributed by atoms with Gasteiger partial charge >= 0.3 is 0 Å². The summed E-state index contributed by atoms with van der Waals surface area (Å²) in [5.41, 5.74) is 1.23. The molecule has 0 aliphatic heterocycles. The number of aryl methyl sites for hydroxylation is 1. The number of carbonyl (C=O) groups is 1. The van der Waals surface area contributed by atoms with Gasteiger partial charge in [-0.05, 0) is 38.0 Å². The van der Waals surface area contributed by atoms with Crippen LogP contribution in [0.5, 0.6) is 0 Å². The van der Waals surface area contributed by atoms with Gasteiger partial charge in [0.1, 0.15) is 11.6 Å². The van der Waals surface area contributed by atoms with Crippen LogP contribution in [-0.4, -0.2) is 39.1 Å². The van der Waals surface area contributed by atoms with E-state index < -0.39 is 5.82 Å². The van der Waals surface area contributed by atoms with Crippen LogP contribution < -0.4 is 5.01 Å². The molecule has 1 aliphatic carbocycles. The second kappa shape index (κ2) is 7.34. The lowest BCUT2D eigenvalue weighted by Gasteiger charge is -2.24. The average Bonchev–Trinajstić information content (AvgIpc) is 3.31. The highest BCUT2D eigenvalue weighted by atomic mass is 32.2. The first-order valence-electron chi connectivity index (χ1n) is 8.05. The molecular weight excluding hydrogens is 327 g/mol. The summed E-state index contributed by atoms with van der Waals surface area (Å²) in [5.74, 6) is 1.79. The van der Waals surface area contributed by atoms with E-state index in [-0.39, 0.29) is 5.91 Å². The van der Waals surface area contributed by atoms with Crippen LogP contribution >= 0.6 is 11.8 Å². The Labute approximate surface area is 145 Å². The minimum Gasteiger partial charge on any atom is -0.273 e. The molecule has 1 aliphatic rings. The fourth-order valence-corrected chi connectivity index (χ4v) is 2.95. The van der Waals surface area contributed by atoms with Crippen LogP contribution in [0.4, 0.5) is 4.39 Å². The van der Waals surface area contributed by atoms with E-state index in [0.29, 0.717) is 36.0 Å². The second-order valence-corrected chi connectivity index (χ2v) is 7.06. The van der Waals surface area contributed by atoms with Crippen molar-refractivity contribution in [3.05, 3.63) is 36.3 Å². The van der Waals surface area contributed by atoms with Crippen molar-refractivity contribution in [3.63, 3.8) is 0 Å². The van der Waals surface area contributed by atoms with Crippen LogP contribution in [0.3, 0.4) is 0 Å². The Morgan fingerprint density at radius 3 is 2.92 bits per heavy atom. The number of imidazole rings is 1. The SMILES string of the molecule is CSCCC(=O)N(CC1CC1)n1cc(-c2cncc(F)c2)nc1C. The normalized spacial score (nSPS) is 14.0.